The van der Waals surface area contributed by atoms with Crippen molar-refractivity contribution < 1.29 is 27.5 Å². The summed E-state index contributed by atoms with van der Waals surface area (Å²) in [5.41, 5.74) is 0.784. The first-order valence-electron chi connectivity index (χ1n) is 11.9. The van der Waals surface area contributed by atoms with Gasteiger partial charge in [-0.3, -0.25) is 13.9 Å². The van der Waals surface area contributed by atoms with E-state index in [4.69, 9.17) is 21.1 Å². The van der Waals surface area contributed by atoms with Crippen molar-refractivity contribution in [3.63, 3.8) is 0 Å². The molecule has 11 heteroatoms. The Morgan fingerprint density at radius 1 is 0.974 bits per heavy atom. The fourth-order valence-corrected chi connectivity index (χ4v) is 5.10. The maximum Gasteiger partial charge on any atom is 0.264 e. The third kappa shape index (κ3) is 7.70. The van der Waals surface area contributed by atoms with Gasteiger partial charge in [0.15, 0.2) is 0 Å². The van der Waals surface area contributed by atoms with Gasteiger partial charge in [-0.1, -0.05) is 23.7 Å². The highest BCUT2D eigenvalue weighted by Gasteiger charge is 2.28. The summed E-state index contributed by atoms with van der Waals surface area (Å²) >= 11 is 5.94. The molecular formula is C27H30ClN3O6S. The van der Waals surface area contributed by atoms with Crippen LogP contribution in [-0.2, 0) is 19.6 Å². The van der Waals surface area contributed by atoms with Crippen molar-refractivity contribution in [3.8, 4) is 5.75 Å². The van der Waals surface area contributed by atoms with Crippen LogP contribution < -0.4 is 19.7 Å². The number of nitrogens with zero attached hydrogens (tertiary/aromatic N) is 1. The quantitative estimate of drug-likeness (QED) is 0.301. The molecule has 0 atom stereocenters. The van der Waals surface area contributed by atoms with Gasteiger partial charge in [0.25, 0.3) is 15.9 Å². The normalized spacial score (nSPS) is 11.0. The van der Waals surface area contributed by atoms with E-state index in [9.17, 15) is 18.0 Å². The van der Waals surface area contributed by atoms with E-state index >= 15 is 0 Å². The van der Waals surface area contributed by atoms with Crippen LogP contribution in [0, 0.1) is 0 Å². The van der Waals surface area contributed by atoms with Crippen LogP contribution in [0.3, 0.4) is 0 Å². The lowest BCUT2D eigenvalue weighted by molar-refractivity contribution is -0.114. The van der Waals surface area contributed by atoms with Crippen molar-refractivity contribution in [1.29, 1.82) is 0 Å². The first-order chi connectivity index (χ1) is 18.3. The number of anilines is 2. The molecule has 0 heterocycles. The van der Waals surface area contributed by atoms with Gasteiger partial charge in [-0.05, 0) is 74.0 Å². The van der Waals surface area contributed by atoms with Gasteiger partial charge in [0.05, 0.1) is 28.4 Å². The van der Waals surface area contributed by atoms with Gasteiger partial charge >= 0.3 is 0 Å². The van der Waals surface area contributed by atoms with E-state index in [1.807, 2.05) is 6.92 Å². The molecule has 0 spiro atoms. The SMILES string of the molecule is CCOc1ccc(N(CC(=O)Nc2ccccc2C(=O)NCCCOC)S(=O)(=O)c2ccc(Cl)cc2)cc1. The molecule has 0 saturated heterocycles. The molecule has 3 aromatic rings. The summed E-state index contributed by atoms with van der Waals surface area (Å²) in [6, 6.07) is 18.6. The number of amides is 2. The van der Waals surface area contributed by atoms with Gasteiger partial charge < -0.3 is 20.1 Å². The Bertz CT molecular complexity index is 1330. The van der Waals surface area contributed by atoms with Gasteiger partial charge in [0.1, 0.15) is 12.3 Å². The van der Waals surface area contributed by atoms with Crippen LogP contribution in [0.25, 0.3) is 0 Å². The minimum Gasteiger partial charge on any atom is -0.494 e. The molecule has 0 fully saturated rings. The average molecular weight is 560 g/mol. The summed E-state index contributed by atoms with van der Waals surface area (Å²) in [4.78, 5) is 25.8. The number of ether oxygens (including phenoxy) is 2. The Labute approximate surface area is 227 Å². The molecular weight excluding hydrogens is 530 g/mol. The number of hydrogen-bond donors (Lipinski definition) is 2. The molecule has 0 unspecified atom stereocenters. The molecule has 9 nitrogen and oxygen atoms in total. The highest BCUT2D eigenvalue weighted by molar-refractivity contribution is 7.92. The highest BCUT2D eigenvalue weighted by Crippen LogP contribution is 2.27. The van der Waals surface area contributed by atoms with Gasteiger partial charge in [0, 0.05) is 25.3 Å². The van der Waals surface area contributed by atoms with Crippen molar-refractivity contribution >= 4 is 44.8 Å². The highest BCUT2D eigenvalue weighted by atomic mass is 35.5. The second-order valence-corrected chi connectivity index (χ2v) is 10.4. The Kier molecular flexibility index (Phi) is 10.5. The van der Waals surface area contributed by atoms with Crippen LogP contribution in [0.4, 0.5) is 11.4 Å². The molecule has 0 aliphatic rings. The van der Waals surface area contributed by atoms with Crippen LogP contribution in [0.2, 0.25) is 5.02 Å². The predicted molar refractivity (Wildman–Crippen MR) is 147 cm³/mol. The first kappa shape index (κ1) is 29.0. The van der Waals surface area contributed by atoms with Crippen LogP contribution in [0.1, 0.15) is 23.7 Å². The first-order valence-corrected chi connectivity index (χ1v) is 13.7. The van der Waals surface area contributed by atoms with Crippen molar-refractivity contribution in [2.45, 2.75) is 18.2 Å². The molecule has 0 saturated carbocycles. The van der Waals surface area contributed by atoms with Crippen LogP contribution in [0.15, 0.2) is 77.7 Å². The van der Waals surface area contributed by atoms with Gasteiger partial charge in [0.2, 0.25) is 5.91 Å². The second kappa shape index (κ2) is 13.8. The lowest BCUT2D eigenvalue weighted by Crippen LogP contribution is -2.38. The number of sulfonamides is 1. The van der Waals surface area contributed by atoms with Crippen molar-refractivity contribution in [2.75, 3.05) is 43.0 Å². The maximum absolute atomic E-state index is 13.6. The number of halogens is 1. The number of para-hydroxylation sites is 1. The molecule has 0 aliphatic heterocycles. The number of rotatable bonds is 13. The summed E-state index contributed by atoms with van der Waals surface area (Å²) in [6.45, 7) is 2.66. The Morgan fingerprint density at radius 3 is 2.32 bits per heavy atom. The Morgan fingerprint density at radius 2 is 1.66 bits per heavy atom. The van der Waals surface area contributed by atoms with E-state index in [-0.39, 0.29) is 27.7 Å². The largest absolute Gasteiger partial charge is 0.494 e. The zero-order chi connectivity index (χ0) is 27.5. The fourth-order valence-electron chi connectivity index (χ4n) is 3.55. The van der Waals surface area contributed by atoms with E-state index < -0.39 is 22.5 Å². The number of hydrogen-bond acceptors (Lipinski definition) is 6. The molecule has 0 radical (unpaired) electrons. The molecule has 2 N–H and O–H groups in total. The van der Waals surface area contributed by atoms with Crippen LogP contribution in [-0.4, -0.2) is 53.6 Å². The Hall–Kier alpha value is -3.60. The summed E-state index contributed by atoms with van der Waals surface area (Å²) < 4.78 is 38.6. The molecule has 3 aromatic carbocycles. The van der Waals surface area contributed by atoms with Gasteiger partial charge in [-0.25, -0.2) is 8.42 Å². The second-order valence-electron chi connectivity index (χ2n) is 8.09. The lowest BCUT2D eigenvalue weighted by Gasteiger charge is -2.24. The van der Waals surface area contributed by atoms with E-state index in [1.165, 1.54) is 24.3 Å². The van der Waals surface area contributed by atoms with Crippen LogP contribution in [0.5, 0.6) is 5.75 Å². The standard InChI is InChI=1S/C27H30ClN3O6S/c1-3-37-22-13-11-21(12-14-22)31(38(34,35)23-15-9-20(28)10-16-23)19-26(32)30-25-8-5-4-7-24(25)27(33)29-17-6-18-36-2/h4-5,7-16H,3,6,17-19H2,1-2H3,(H,29,33)(H,30,32). The summed E-state index contributed by atoms with van der Waals surface area (Å²) in [7, 11) is -2.57. The molecule has 2 amide bonds. The molecule has 0 aliphatic carbocycles. The minimum atomic E-state index is -4.15. The lowest BCUT2D eigenvalue weighted by atomic mass is 10.1. The van der Waals surface area contributed by atoms with E-state index in [1.54, 1.807) is 55.6 Å². The smallest absolute Gasteiger partial charge is 0.264 e. The summed E-state index contributed by atoms with van der Waals surface area (Å²) in [5, 5.41) is 5.84. The Balaban J connectivity index is 1.86. The number of methoxy groups -OCH3 is 1. The molecule has 202 valence electrons. The zero-order valence-corrected chi connectivity index (χ0v) is 22.7. The topological polar surface area (TPSA) is 114 Å². The zero-order valence-electron chi connectivity index (χ0n) is 21.1. The average Bonchev–Trinajstić information content (AvgIpc) is 2.91. The maximum atomic E-state index is 13.6. The number of carbonyl (C=O) groups excluding carboxylic acids is 2. The van der Waals surface area contributed by atoms with Crippen molar-refractivity contribution in [1.82, 2.24) is 5.32 Å². The third-order valence-electron chi connectivity index (χ3n) is 5.38. The van der Waals surface area contributed by atoms with Crippen molar-refractivity contribution in [3.05, 3.63) is 83.4 Å². The third-order valence-corrected chi connectivity index (χ3v) is 7.42. The predicted octanol–water partition coefficient (Wildman–Crippen LogP) is 4.34. The number of benzene rings is 3. The summed E-state index contributed by atoms with van der Waals surface area (Å²) in [6.07, 6.45) is 0.635. The molecule has 3 rings (SSSR count). The van der Waals surface area contributed by atoms with E-state index in [2.05, 4.69) is 10.6 Å². The number of carbonyl (C=O) groups is 2. The van der Waals surface area contributed by atoms with E-state index in [0.29, 0.717) is 37.0 Å². The van der Waals surface area contributed by atoms with Crippen molar-refractivity contribution in [2.24, 2.45) is 0 Å². The molecule has 0 aromatic heterocycles. The van der Waals surface area contributed by atoms with E-state index in [0.717, 1.165) is 4.31 Å². The summed E-state index contributed by atoms with van der Waals surface area (Å²) in [5.74, 6) is -0.430. The minimum absolute atomic E-state index is 0.0283. The molecule has 0 bridgehead atoms. The monoisotopic (exact) mass is 559 g/mol. The fraction of sp³-hybridized carbons (Fsp3) is 0.259. The van der Waals surface area contributed by atoms with Crippen LogP contribution >= 0.6 is 11.6 Å². The number of nitrogens with one attached hydrogen (secondary N) is 2. The molecule has 38 heavy (non-hydrogen) atoms. The van der Waals surface area contributed by atoms with Gasteiger partial charge in [-0.2, -0.15) is 0 Å². The van der Waals surface area contributed by atoms with Gasteiger partial charge in [-0.15, -0.1) is 0 Å².